The quantitative estimate of drug-likeness (QED) is 0.802. The van der Waals surface area contributed by atoms with Crippen molar-refractivity contribution in [2.24, 2.45) is 11.7 Å². The Kier molecular flexibility index (Phi) is 3.76. The summed E-state index contributed by atoms with van der Waals surface area (Å²) in [6.45, 7) is 5.33. The van der Waals surface area contributed by atoms with Gasteiger partial charge in [0, 0.05) is 12.6 Å². The van der Waals surface area contributed by atoms with Crippen molar-refractivity contribution in [2.75, 3.05) is 6.54 Å². The highest BCUT2D eigenvalue weighted by Gasteiger charge is 2.42. The van der Waals surface area contributed by atoms with Gasteiger partial charge in [-0.05, 0) is 31.6 Å². The Morgan fingerprint density at radius 3 is 2.47 bits per heavy atom. The van der Waals surface area contributed by atoms with Crippen molar-refractivity contribution in [3.63, 3.8) is 0 Å². The maximum Gasteiger partial charge on any atom is 0.242 e. The Hall–Kier alpha value is -0.570. The molecule has 0 radical (unpaired) electrons. The largest absolute Gasteiger partial charge is 0.338 e. The average Bonchev–Trinajstić information content (AvgIpc) is 2.77. The van der Waals surface area contributed by atoms with Crippen LogP contribution in [0.15, 0.2) is 0 Å². The van der Waals surface area contributed by atoms with Crippen molar-refractivity contribution in [2.45, 2.75) is 70.4 Å². The lowest BCUT2D eigenvalue weighted by molar-refractivity contribution is -0.139. The molecule has 2 rings (SSSR count). The van der Waals surface area contributed by atoms with E-state index in [1.807, 2.05) is 0 Å². The summed E-state index contributed by atoms with van der Waals surface area (Å²) in [7, 11) is 0. The van der Waals surface area contributed by atoms with E-state index in [0.29, 0.717) is 12.0 Å². The summed E-state index contributed by atoms with van der Waals surface area (Å²) in [4.78, 5) is 14.7. The third-order valence-electron chi connectivity index (χ3n) is 4.50. The smallest absolute Gasteiger partial charge is 0.242 e. The lowest BCUT2D eigenvalue weighted by Gasteiger charge is -2.38. The van der Waals surface area contributed by atoms with Crippen LogP contribution in [0.25, 0.3) is 0 Å². The Balaban J connectivity index is 2.08. The molecule has 1 aliphatic carbocycles. The number of hydrogen-bond donors (Lipinski definition) is 1. The molecule has 3 nitrogen and oxygen atoms in total. The number of rotatable bonds is 2. The number of amides is 1. The normalized spacial score (nSPS) is 28.7. The predicted molar refractivity (Wildman–Crippen MR) is 69.6 cm³/mol. The first kappa shape index (κ1) is 12.9. The molecule has 1 aliphatic heterocycles. The van der Waals surface area contributed by atoms with Gasteiger partial charge in [-0.25, -0.2) is 0 Å². The predicted octanol–water partition coefficient (Wildman–Crippen LogP) is 2.29. The molecule has 0 aromatic rings. The topological polar surface area (TPSA) is 46.3 Å². The molecule has 1 heterocycles. The first-order chi connectivity index (χ1) is 8.04. The lowest BCUT2D eigenvalue weighted by atomic mass is 9.81. The standard InChI is InChI=1S/C14H26N2O/c1-11(2)12-7-6-10-16(12)13(17)14(15)8-4-3-5-9-14/h11-12H,3-10,15H2,1-2H3. The molecule has 1 saturated heterocycles. The van der Waals surface area contributed by atoms with E-state index >= 15 is 0 Å². The molecular formula is C14H26N2O. The van der Waals surface area contributed by atoms with Crippen LogP contribution in [0.1, 0.15) is 58.8 Å². The van der Waals surface area contributed by atoms with Gasteiger partial charge in [-0.2, -0.15) is 0 Å². The van der Waals surface area contributed by atoms with Crippen LogP contribution >= 0.6 is 0 Å². The summed E-state index contributed by atoms with van der Waals surface area (Å²) in [5, 5.41) is 0. The van der Waals surface area contributed by atoms with Gasteiger partial charge in [0.25, 0.3) is 0 Å². The van der Waals surface area contributed by atoms with E-state index in [2.05, 4.69) is 18.7 Å². The molecule has 17 heavy (non-hydrogen) atoms. The maximum absolute atomic E-state index is 12.6. The number of nitrogens with two attached hydrogens (primary N) is 1. The van der Waals surface area contributed by atoms with Crippen molar-refractivity contribution in [3.8, 4) is 0 Å². The second-order valence-corrected chi connectivity index (χ2v) is 6.17. The second kappa shape index (κ2) is 4.97. The summed E-state index contributed by atoms with van der Waals surface area (Å²) >= 11 is 0. The zero-order valence-electron chi connectivity index (χ0n) is 11.2. The Bertz CT molecular complexity index is 282. The van der Waals surface area contributed by atoms with Gasteiger partial charge in [0.2, 0.25) is 5.91 Å². The summed E-state index contributed by atoms with van der Waals surface area (Å²) in [5.41, 5.74) is 5.81. The number of likely N-dealkylation sites (tertiary alicyclic amines) is 1. The first-order valence-electron chi connectivity index (χ1n) is 7.14. The van der Waals surface area contributed by atoms with Gasteiger partial charge in [-0.15, -0.1) is 0 Å². The molecule has 0 spiro atoms. The van der Waals surface area contributed by atoms with E-state index in [1.165, 1.54) is 6.42 Å². The Morgan fingerprint density at radius 1 is 1.24 bits per heavy atom. The number of carbonyl (C=O) groups is 1. The molecule has 0 aromatic carbocycles. The number of carbonyl (C=O) groups excluding carboxylic acids is 1. The van der Waals surface area contributed by atoms with Gasteiger partial charge in [0.1, 0.15) is 0 Å². The van der Waals surface area contributed by atoms with Crippen LogP contribution in [0.5, 0.6) is 0 Å². The Labute approximate surface area is 105 Å². The number of hydrogen-bond acceptors (Lipinski definition) is 2. The maximum atomic E-state index is 12.6. The molecule has 2 N–H and O–H groups in total. The van der Waals surface area contributed by atoms with Gasteiger partial charge >= 0.3 is 0 Å². The zero-order valence-corrected chi connectivity index (χ0v) is 11.2. The molecular weight excluding hydrogens is 212 g/mol. The van der Waals surface area contributed by atoms with E-state index in [-0.39, 0.29) is 5.91 Å². The van der Waals surface area contributed by atoms with Crippen LogP contribution in [-0.2, 0) is 4.79 Å². The molecule has 3 heteroatoms. The molecule has 1 unspecified atom stereocenters. The molecule has 2 aliphatic rings. The van der Waals surface area contributed by atoms with Crippen molar-refractivity contribution in [1.82, 2.24) is 4.90 Å². The SMILES string of the molecule is CC(C)C1CCCN1C(=O)C1(N)CCCCC1. The minimum absolute atomic E-state index is 0.230. The van der Waals surface area contributed by atoms with E-state index in [1.54, 1.807) is 0 Å². The zero-order chi connectivity index (χ0) is 12.5. The first-order valence-corrected chi connectivity index (χ1v) is 7.14. The van der Waals surface area contributed by atoms with Crippen LogP contribution in [0.4, 0.5) is 0 Å². The van der Waals surface area contributed by atoms with Crippen LogP contribution in [0.2, 0.25) is 0 Å². The summed E-state index contributed by atoms with van der Waals surface area (Å²) in [6, 6.07) is 0.421. The highest BCUT2D eigenvalue weighted by molar-refractivity contribution is 5.86. The van der Waals surface area contributed by atoms with Crippen LogP contribution in [0, 0.1) is 5.92 Å². The highest BCUT2D eigenvalue weighted by Crippen LogP contribution is 2.32. The van der Waals surface area contributed by atoms with Crippen LogP contribution in [-0.4, -0.2) is 28.9 Å². The summed E-state index contributed by atoms with van der Waals surface area (Å²) in [5.74, 6) is 0.780. The third kappa shape index (κ3) is 2.49. The van der Waals surface area contributed by atoms with Crippen LogP contribution < -0.4 is 5.73 Å². The van der Waals surface area contributed by atoms with Crippen molar-refractivity contribution in [3.05, 3.63) is 0 Å². The summed E-state index contributed by atoms with van der Waals surface area (Å²) in [6.07, 6.45) is 7.52. The fourth-order valence-electron chi connectivity index (χ4n) is 3.42. The van der Waals surface area contributed by atoms with Gasteiger partial charge in [0.15, 0.2) is 0 Å². The molecule has 1 amide bonds. The monoisotopic (exact) mass is 238 g/mol. The van der Waals surface area contributed by atoms with E-state index in [9.17, 15) is 4.79 Å². The Morgan fingerprint density at radius 2 is 1.88 bits per heavy atom. The number of nitrogens with zero attached hydrogens (tertiary/aromatic N) is 1. The van der Waals surface area contributed by atoms with Crippen molar-refractivity contribution < 1.29 is 4.79 Å². The molecule has 0 bridgehead atoms. The molecule has 0 aromatic heterocycles. The third-order valence-corrected chi connectivity index (χ3v) is 4.50. The minimum atomic E-state index is -0.546. The molecule has 1 saturated carbocycles. The van der Waals surface area contributed by atoms with Gasteiger partial charge in [0.05, 0.1) is 5.54 Å². The fourth-order valence-corrected chi connectivity index (χ4v) is 3.42. The fraction of sp³-hybridized carbons (Fsp3) is 0.929. The van der Waals surface area contributed by atoms with Gasteiger partial charge in [-0.1, -0.05) is 33.1 Å². The van der Waals surface area contributed by atoms with E-state index < -0.39 is 5.54 Å². The van der Waals surface area contributed by atoms with Crippen molar-refractivity contribution in [1.29, 1.82) is 0 Å². The average molecular weight is 238 g/mol. The van der Waals surface area contributed by atoms with Crippen molar-refractivity contribution >= 4 is 5.91 Å². The molecule has 2 fully saturated rings. The summed E-state index contributed by atoms with van der Waals surface area (Å²) < 4.78 is 0. The highest BCUT2D eigenvalue weighted by atomic mass is 16.2. The van der Waals surface area contributed by atoms with Gasteiger partial charge < -0.3 is 10.6 Å². The molecule has 98 valence electrons. The van der Waals surface area contributed by atoms with E-state index in [4.69, 9.17) is 5.73 Å². The lowest BCUT2D eigenvalue weighted by Crippen LogP contribution is -2.57. The second-order valence-electron chi connectivity index (χ2n) is 6.17. The minimum Gasteiger partial charge on any atom is -0.338 e. The van der Waals surface area contributed by atoms with E-state index in [0.717, 1.165) is 45.1 Å². The molecule has 1 atom stereocenters. The van der Waals surface area contributed by atoms with Crippen LogP contribution in [0.3, 0.4) is 0 Å². The van der Waals surface area contributed by atoms with Gasteiger partial charge in [-0.3, -0.25) is 4.79 Å².